The third-order valence-electron chi connectivity index (χ3n) is 2.03. The highest BCUT2D eigenvalue weighted by Crippen LogP contribution is 2.01. The normalized spacial score (nSPS) is 24.6. The van der Waals surface area contributed by atoms with E-state index in [1.54, 1.807) is 6.92 Å². The van der Waals surface area contributed by atoms with Crippen molar-refractivity contribution in [2.45, 2.75) is 19.1 Å². The number of nitrogens with two attached hydrogens (primary N) is 1. The Morgan fingerprint density at radius 2 is 2.40 bits per heavy atom. The Morgan fingerprint density at radius 3 is 2.93 bits per heavy atom. The van der Waals surface area contributed by atoms with Gasteiger partial charge in [-0.05, 0) is 6.92 Å². The first-order valence-electron chi connectivity index (χ1n) is 4.62. The van der Waals surface area contributed by atoms with E-state index in [4.69, 9.17) is 20.4 Å². The predicted octanol–water partition coefficient (Wildman–Crippen LogP) is -1.35. The van der Waals surface area contributed by atoms with Crippen molar-refractivity contribution in [3.8, 4) is 0 Å². The monoisotopic (exact) mass is 217 g/mol. The van der Waals surface area contributed by atoms with E-state index in [-0.39, 0.29) is 18.3 Å². The molecule has 1 rings (SSSR count). The van der Waals surface area contributed by atoms with Crippen LogP contribution in [0.5, 0.6) is 0 Å². The number of oxime groups is 1. The molecule has 86 valence electrons. The van der Waals surface area contributed by atoms with E-state index >= 15 is 0 Å². The van der Waals surface area contributed by atoms with Gasteiger partial charge < -0.3 is 25.7 Å². The van der Waals surface area contributed by atoms with E-state index in [1.807, 2.05) is 0 Å². The van der Waals surface area contributed by atoms with E-state index < -0.39 is 12.1 Å². The Morgan fingerprint density at radius 1 is 1.67 bits per heavy atom. The molecule has 0 aromatic carbocycles. The molecule has 0 bridgehead atoms. The zero-order chi connectivity index (χ0) is 11.3. The van der Waals surface area contributed by atoms with Gasteiger partial charge in [-0.2, -0.15) is 0 Å². The van der Waals surface area contributed by atoms with Crippen molar-refractivity contribution in [1.29, 1.82) is 0 Å². The van der Waals surface area contributed by atoms with Gasteiger partial charge in [0, 0.05) is 0 Å². The van der Waals surface area contributed by atoms with Gasteiger partial charge in [-0.25, -0.2) is 0 Å². The molecule has 7 nitrogen and oxygen atoms in total. The summed E-state index contributed by atoms with van der Waals surface area (Å²) in [4.78, 5) is 11.5. The van der Waals surface area contributed by atoms with Crippen molar-refractivity contribution in [3.63, 3.8) is 0 Å². The third-order valence-corrected chi connectivity index (χ3v) is 2.03. The van der Waals surface area contributed by atoms with E-state index in [2.05, 4.69) is 10.5 Å². The third kappa shape index (κ3) is 3.37. The number of amidine groups is 1. The Balaban J connectivity index is 2.40. The molecular formula is C8H15N3O4. The lowest BCUT2D eigenvalue weighted by Crippen LogP contribution is -2.49. The summed E-state index contributed by atoms with van der Waals surface area (Å²) in [5, 5.41) is 13.7. The lowest BCUT2D eigenvalue weighted by molar-refractivity contribution is -0.147. The first kappa shape index (κ1) is 11.7. The van der Waals surface area contributed by atoms with Gasteiger partial charge in [0.2, 0.25) is 0 Å². The molecule has 2 atom stereocenters. The van der Waals surface area contributed by atoms with Gasteiger partial charge in [0.15, 0.2) is 11.9 Å². The van der Waals surface area contributed by atoms with Crippen molar-refractivity contribution in [1.82, 2.24) is 5.32 Å². The fourth-order valence-corrected chi connectivity index (χ4v) is 1.11. The maximum atomic E-state index is 11.5. The molecule has 4 N–H and O–H groups in total. The molecule has 1 aliphatic heterocycles. The first-order chi connectivity index (χ1) is 7.15. The summed E-state index contributed by atoms with van der Waals surface area (Å²) in [5.41, 5.74) is 5.31. The van der Waals surface area contributed by atoms with Crippen molar-refractivity contribution >= 4 is 11.7 Å². The molecule has 2 unspecified atom stereocenters. The minimum atomic E-state index is -0.618. The lowest BCUT2D eigenvalue weighted by atomic mass is 10.2. The van der Waals surface area contributed by atoms with E-state index in [1.165, 1.54) is 0 Å². The van der Waals surface area contributed by atoms with Crippen LogP contribution in [0.3, 0.4) is 0 Å². The molecule has 1 fully saturated rings. The number of nitrogens with one attached hydrogen (secondary N) is 1. The quantitative estimate of drug-likeness (QED) is 0.234. The SMILES string of the molecule is CC(NC(=O)C1COCCO1)C(N)=NO. The number of ether oxygens (including phenoxy) is 2. The molecule has 0 radical (unpaired) electrons. The van der Waals surface area contributed by atoms with Crippen LogP contribution in [0.4, 0.5) is 0 Å². The number of carbonyl (C=O) groups is 1. The van der Waals surface area contributed by atoms with Crippen LogP contribution in [-0.2, 0) is 14.3 Å². The highest BCUT2D eigenvalue weighted by Gasteiger charge is 2.24. The van der Waals surface area contributed by atoms with Crippen molar-refractivity contribution < 1.29 is 19.5 Å². The molecule has 0 spiro atoms. The van der Waals surface area contributed by atoms with Gasteiger partial charge in [0.1, 0.15) is 0 Å². The van der Waals surface area contributed by atoms with Crippen LogP contribution in [0, 0.1) is 0 Å². The first-order valence-corrected chi connectivity index (χ1v) is 4.62. The smallest absolute Gasteiger partial charge is 0.252 e. The maximum Gasteiger partial charge on any atom is 0.252 e. The Bertz CT molecular complexity index is 250. The highest BCUT2D eigenvalue weighted by molar-refractivity contribution is 5.90. The maximum absolute atomic E-state index is 11.5. The van der Waals surface area contributed by atoms with Crippen molar-refractivity contribution in [3.05, 3.63) is 0 Å². The number of amides is 1. The molecular weight excluding hydrogens is 202 g/mol. The Labute approximate surface area is 87.2 Å². The molecule has 1 heterocycles. The van der Waals surface area contributed by atoms with Crippen molar-refractivity contribution in [2.75, 3.05) is 19.8 Å². The topological polar surface area (TPSA) is 106 Å². The highest BCUT2D eigenvalue weighted by atomic mass is 16.6. The number of hydrogen-bond donors (Lipinski definition) is 3. The number of hydrogen-bond acceptors (Lipinski definition) is 5. The summed E-state index contributed by atoms with van der Waals surface area (Å²) in [6, 6.07) is -0.534. The average Bonchev–Trinajstić information content (AvgIpc) is 2.29. The van der Waals surface area contributed by atoms with Crippen molar-refractivity contribution in [2.24, 2.45) is 10.9 Å². The Hall–Kier alpha value is -1.34. The molecule has 1 aliphatic rings. The summed E-state index contributed by atoms with van der Waals surface area (Å²) in [6.07, 6.45) is -0.618. The second-order valence-corrected chi connectivity index (χ2v) is 3.19. The largest absolute Gasteiger partial charge is 0.409 e. The summed E-state index contributed by atoms with van der Waals surface area (Å²) in [7, 11) is 0. The van der Waals surface area contributed by atoms with Gasteiger partial charge in [-0.1, -0.05) is 5.16 Å². The minimum Gasteiger partial charge on any atom is -0.409 e. The zero-order valence-corrected chi connectivity index (χ0v) is 8.47. The number of nitrogens with zero attached hydrogens (tertiary/aromatic N) is 1. The van der Waals surface area contributed by atoms with Crippen LogP contribution >= 0.6 is 0 Å². The molecule has 0 aromatic rings. The summed E-state index contributed by atoms with van der Waals surface area (Å²) >= 11 is 0. The molecule has 1 saturated heterocycles. The molecule has 0 aromatic heterocycles. The fourth-order valence-electron chi connectivity index (χ4n) is 1.11. The van der Waals surface area contributed by atoms with E-state index in [0.29, 0.717) is 13.2 Å². The molecule has 0 aliphatic carbocycles. The minimum absolute atomic E-state index is 0.0555. The molecule has 0 saturated carbocycles. The van der Waals surface area contributed by atoms with Gasteiger partial charge >= 0.3 is 0 Å². The van der Waals surface area contributed by atoms with Crippen LogP contribution in [0.1, 0.15) is 6.92 Å². The molecule has 15 heavy (non-hydrogen) atoms. The lowest BCUT2D eigenvalue weighted by Gasteiger charge is -2.23. The predicted molar refractivity (Wildman–Crippen MR) is 51.6 cm³/mol. The summed E-state index contributed by atoms with van der Waals surface area (Å²) in [6.45, 7) is 2.74. The van der Waals surface area contributed by atoms with Gasteiger partial charge in [0.05, 0.1) is 25.9 Å². The molecule has 1 amide bonds. The summed E-state index contributed by atoms with van der Waals surface area (Å²) < 4.78 is 10.2. The summed E-state index contributed by atoms with van der Waals surface area (Å²) in [5.74, 6) is -0.381. The van der Waals surface area contributed by atoms with Gasteiger partial charge in [0.25, 0.3) is 5.91 Å². The van der Waals surface area contributed by atoms with E-state index in [0.717, 1.165) is 0 Å². The molecule has 7 heteroatoms. The van der Waals surface area contributed by atoms with Crippen LogP contribution in [-0.4, -0.2) is 48.9 Å². The second kappa shape index (κ2) is 5.52. The fraction of sp³-hybridized carbons (Fsp3) is 0.750. The second-order valence-electron chi connectivity index (χ2n) is 3.19. The number of rotatable bonds is 3. The van der Waals surface area contributed by atoms with Gasteiger partial charge in [-0.15, -0.1) is 0 Å². The standard InChI is InChI=1S/C8H15N3O4/c1-5(7(9)11-13)10-8(12)6-4-14-2-3-15-6/h5-6,13H,2-4H2,1H3,(H2,9,11)(H,10,12). The Kier molecular flexibility index (Phi) is 4.32. The van der Waals surface area contributed by atoms with Crippen LogP contribution < -0.4 is 11.1 Å². The van der Waals surface area contributed by atoms with Crippen LogP contribution in [0.25, 0.3) is 0 Å². The van der Waals surface area contributed by atoms with Crippen LogP contribution in [0.15, 0.2) is 5.16 Å². The zero-order valence-electron chi connectivity index (χ0n) is 8.47. The van der Waals surface area contributed by atoms with Crippen LogP contribution in [0.2, 0.25) is 0 Å². The van der Waals surface area contributed by atoms with Gasteiger partial charge in [-0.3, -0.25) is 4.79 Å². The average molecular weight is 217 g/mol. The van der Waals surface area contributed by atoms with E-state index in [9.17, 15) is 4.79 Å². The number of carbonyl (C=O) groups excluding carboxylic acids is 1.